The first kappa shape index (κ1) is 14.1. The van der Waals surface area contributed by atoms with Crippen molar-refractivity contribution in [2.24, 2.45) is 0 Å². The molecule has 1 heterocycles. The van der Waals surface area contributed by atoms with Gasteiger partial charge in [0.1, 0.15) is 0 Å². The van der Waals surface area contributed by atoms with Crippen LogP contribution in [0.4, 0.5) is 0 Å². The van der Waals surface area contributed by atoms with Crippen LogP contribution in [0.15, 0.2) is 42.5 Å². The molecule has 0 aromatic heterocycles. The molecule has 0 unspecified atom stereocenters. The molecule has 3 nitrogen and oxygen atoms in total. The second kappa shape index (κ2) is 6.27. The normalized spacial score (nSPS) is 22.1. The van der Waals surface area contributed by atoms with E-state index in [1.807, 2.05) is 30.3 Å². The van der Waals surface area contributed by atoms with E-state index in [9.17, 15) is 4.79 Å². The minimum absolute atomic E-state index is 0.0608. The third kappa shape index (κ3) is 3.24. The summed E-state index contributed by atoms with van der Waals surface area (Å²) in [6.07, 6.45) is 2.17. The highest BCUT2D eigenvalue weighted by atomic mass is 16.1. The molecule has 0 saturated carbocycles. The predicted octanol–water partition coefficient (Wildman–Crippen LogP) is 1.64. The van der Waals surface area contributed by atoms with E-state index in [0.717, 1.165) is 23.8 Å². The van der Waals surface area contributed by atoms with Gasteiger partial charge in [0.25, 0.3) is 5.91 Å². The van der Waals surface area contributed by atoms with Gasteiger partial charge in [-0.1, -0.05) is 30.3 Å². The molecule has 1 aliphatic rings. The van der Waals surface area contributed by atoms with E-state index >= 15 is 0 Å². The Bertz CT molecular complexity index is 630. The minimum atomic E-state index is 0.0608. The van der Waals surface area contributed by atoms with E-state index < -0.39 is 0 Å². The van der Waals surface area contributed by atoms with Crippen molar-refractivity contribution < 1.29 is 9.69 Å². The summed E-state index contributed by atoms with van der Waals surface area (Å²) in [6.45, 7) is 5.74. The van der Waals surface area contributed by atoms with E-state index in [2.05, 4.69) is 24.4 Å². The largest absolute Gasteiger partial charge is 0.349 e. The highest BCUT2D eigenvalue weighted by molar-refractivity contribution is 5.98. The maximum atomic E-state index is 12.4. The van der Waals surface area contributed by atoms with Gasteiger partial charge in [-0.2, -0.15) is 0 Å². The van der Waals surface area contributed by atoms with Gasteiger partial charge in [-0.05, 0) is 29.8 Å². The third-order valence-corrected chi connectivity index (χ3v) is 4.54. The number of rotatable bonds is 3. The molecule has 3 rings (SSSR count). The molecule has 2 aromatic carbocycles. The average Bonchev–Trinajstić information content (AvgIpc) is 2.55. The van der Waals surface area contributed by atoms with Gasteiger partial charge in [0.15, 0.2) is 0 Å². The highest BCUT2D eigenvalue weighted by Gasteiger charge is 2.22. The molecule has 1 aliphatic heterocycles. The van der Waals surface area contributed by atoms with Gasteiger partial charge in [-0.3, -0.25) is 4.79 Å². The van der Waals surface area contributed by atoms with Gasteiger partial charge in [-0.15, -0.1) is 0 Å². The van der Waals surface area contributed by atoms with Crippen molar-refractivity contribution in [3.63, 3.8) is 0 Å². The van der Waals surface area contributed by atoms with E-state index in [1.54, 1.807) is 4.90 Å². The quantitative estimate of drug-likeness (QED) is 0.882. The SMILES string of the molecule is CC[NH+]1CCC(NC(=O)c2ccc3ccccc3c2)CC1. The van der Waals surface area contributed by atoms with Gasteiger partial charge >= 0.3 is 0 Å². The molecule has 21 heavy (non-hydrogen) atoms. The van der Waals surface area contributed by atoms with Crippen LogP contribution in [0.2, 0.25) is 0 Å². The van der Waals surface area contributed by atoms with E-state index in [-0.39, 0.29) is 5.91 Å². The van der Waals surface area contributed by atoms with Crippen LogP contribution in [0.5, 0.6) is 0 Å². The molecule has 3 heteroatoms. The summed E-state index contributed by atoms with van der Waals surface area (Å²) in [5.41, 5.74) is 0.763. The monoisotopic (exact) mass is 283 g/mol. The van der Waals surface area contributed by atoms with E-state index in [4.69, 9.17) is 0 Å². The summed E-state index contributed by atoms with van der Waals surface area (Å²) >= 11 is 0. The van der Waals surface area contributed by atoms with Crippen LogP contribution < -0.4 is 10.2 Å². The Balaban J connectivity index is 1.67. The molecule has 0 spiro atoms. The van der Waals surface area contributed by atoms with Gasteiger partial charge in [0, 0.05) is 24.4 Å². The van der Waals surface area contributed by atoms with Gasteiger partial charge < -0.3 is 10.2 Å². The molecular weight excluding hydrogens is 260 g/mol. The molecule has 2 aromatic rings. The maximum Gasteiger partial charge on any atom is 0.251 e. The zero-order valence-corrected chi connectivity index (χ0v) is 12.6. The number of quaternary nitrogens is 1. The van der Waals surface area contributed by atoms with Crippen molar-refractivity contribution in [1.29, 1.82) is 0 Å². The number of hydrogen-bond donors (Lipinski definition) is 2. The number of likely N-dealkylation sites (tertiary alicyclic amines) is 1. The lowest BCUT2D eigenvalue weighted by molar-refractivity contribution is -0.903. The molecule has 0 aliphatic carbocycles. The number of hydrogen-bond acceptors (Lipinski definition) is 1. The Hall–Kier alpha value is -1.87. The standard InChI is InChI=1S/C18H22N2O/c1-2-20-11-9-17(10-12-20)19-18(21)16-8-7-14-5-3-4-6-15(14)13-16/h3-8,13,17H,2,9-12H2,1H3,(H,19,21)/p+1. The zero-order valence-electron chi connectivity index (χ0n) is 12.6. The van der Waals surface area contributed by atoms with E-state index in [0.29, 0.717) is 6.04 Å². The highest BCUT2D eigenvalue weighted by Crippen LogP contribution is 2.16. The van der Waals surface area contributed by atoms with E-state index in [1.165, 1.54) is 25.0 Å². The van der Waals surface area contributed by atoms with Gasteiger partial charge in [0.2, 0.25) is 0 Å². The number of carbonyl (C=O) groups is 1. The van der Waals surface area contributed by atoms with Crippen LogP contribution in [0.3, 0.4) is 0 Å². The lowest BCUT2D eigenvalue weighted by atomic mass is 10.0. The first-order valence-electron chi connectivity index (χ1n) is 7.89. The Morgan fingerprint density at radius 1 is 1.14 bits per heavy atom. The summed E-state index contributed by atoms with van der Waals surface area (Å²) in [5.74, 6) is 0.0608. The Morgan fingerprint density at radius 2 is 1.86 bits per heavy atom. The lowest BCUT2D eigenvalue weighted by Gasteiger charge is -2.29. The van der Waals surface area contributed by atoms with Crippen molar-refractivity contribution in [2.45, 2.75) is 25.8 Å². The van der Waals surface area contributed by atoms with Crippen molar-refractivity contribution in [3.05, 3.63) is 48.0 Å². The van der Waals surface area contributed by atoms with Crippen LogP contribution in [0, 0.1) is 0 Å². The second-order valence-electron chi connectivity index (χ2n) is 5.91. The average molecular weight is 283 g/mol. The molecule has 2 N–H and O–H groups in total. The summed E-state index contributed by atoms with van der Waals surface area (Å²) in [4.78, 5) is 14.0. The second-order valence-corrected chi connectivity index (χ2v) is 5.91. The zero-order chi connectivity index (χ0) is 14.7. The maximum absolute atomic E-state index is 12.4. The Labute approximate surface area is 125 Å². The van der Waals surface area contributed by atoms with Crippen LogP contribution >= 0.6 is 0 Å². The number of amides is 1. The molecule has 0 bridgehead atoms. The summed E-state index contributed by atoms with van der Waals surface area (Å²) in [5, 5.41) is 5.49. The molecule has 0 atom stereocenters. The molecule has 1 fully saturated rings. The molecular formula is C18H23N2O+. The summed E-state index contributed by atoms with van der Waals surface area (Å²) < 4.78 is 0. The number of fused-ring (bicyclic) bond motifs is 1. The fourth-order valence-corrected chi connectivity index (χ4v) is 3.12. The van der Waals surface area contributed by atoms with Crippen LogP contribution in [0.1, 0.15) is 30.1 Å². The Morgan fingerprint density at radius 3 is 2.57 bits per heavy atom. The van der Waals surface area contributed by atoms with Gasteiger partial charge in [-0.25, -0.2) is 0 Å². The van der Waals surface area contributed by atoms with Crippen molar-refractivity contribution in [1.82, 2.24) is 5.32 Å². The molecule has 1 amide bonds. The predicted molar refractivity (Wildman–Crippen MR) is 85.7 cm³/mol. The number of nitrogens with one attached hydrogen (secondary N) is 2. The number of piperidine rings is 1. The van der Waals surface area contributed by atoms with Crippen LogP contribution in [-0.2, 0) is 0 Å². The van der Waals surface area contributed by atoms with Gasteiger partial charge in [0.05, 0.1) is 19.6 Å². The minimum Gasteiger partial charge on any atom is -0.349 e. The first-order valence-corrected chi connectivity index (χ1v) is 7.89. The number of benzene rings is 2. The fourth-order valence-electron chi connectivity index (χ4n) is 3.12. The first-order chi connectivity index (χ1) is 10.3. The molecule has 110 valence electrons. The molecule has 0 radical (unpaired) electrons. The lowest BCUT2D eigenvalue weighted by Crippen LogP contribution is -3.13. The summed E-state index contributed by atoms with van der Waals surface area (Å²) in [7, 11) is 0. The van der Waals surface area contributed by atoms with Crippen LogP contribution in [0.25, 0.3) is 10.8 Å². The smallest absolute Gasteiger partial charge is 0.251 e. The topological polar surface area (TPSA) is 33.5 Å². The van der Waals surface area contributed by atoms with Crippen molar-refractivity contribution in [3.8, 4) is 0 Å². The molecule has 1 saturated heterocycles. The Kier molecular flexibility index (Phi) is 4.20. The van der Waals surface area contributed by atoms with Crippen molar-refractivity contribution >= 4 is 16.7 Å². The summed E-state index contributed by atoms with van der Waals surface area (Å²) in [6, 6.07) is 14.4. The van der Waals surface area contributed by atoms with Crippen molar-refractivity contribution in [2.75, 3.05) is 19.6 Å². The third-order valence-electron chi connectivity index (χ3n) is 4.54. The fraction of sp³-hybridized carbons (Fsp3) is 0.389. The van der Waals surface area contributed by atoms with Crippen LogP contribution in [-0.4, -0.2) is 31.6 Å². The number of carbonyl (C=O) groups excluding carboxylic acids is 1.